The smallest absolute Gasteiger partial charge is 0.227 e. The van der Waals surface area contributed by atoms with Gasteiger partial charge in [0.15, 0.2) is 0 Å². The van der Waals surface area contributed by atoms with Crippen LogP contribution in [-0.2, 0) is 9.53 Å². The summed E-state index contributed by atoms with van der Waals surface area (Å²) in [4.78, 5) is 14.3. The Morgan fingerprint density at radius 2 is 2.29 bits per heavy atom. The summed E-state index contributed by atoms with van der Waals surface area (Å²) < 4.78 is 5.34. The molecule has 2 aliphatic heterocycles. The van der Waals surface area contributed by atoms with Gasteiger partial charge in [0, 0.05) is 18.6 Å². The minimum atomic E-state index is -0.0355. The summed E-state index contributed by atoms with van der Waals surface area (Å²) in [5, 5.41) is 6.20. The van der Waals surface area contributed by atoms with Crippen LogP contribution < -0.4 is 10.6 Å². The topological polar surface area (TPSA) is 53.6 Å². The SMILES string of the molecule is CNC1COCC1C(=O)NCC1CCCN1C. The van der Waals surface area contributed by atoms with E-state index in [4.69, 9.17) is 4.74 Å². The van der Waals surface area contributed by atoms with Gasteiger partial charge >= 0.3 is 0 Å². The van der Waals surface area contributed by atoms with Gasteiger partial charge in [-0.05, 0) is 33.5 Å². The molecule has 2 N–H and O–H groups in total. The summed E-state index contributed by atoms with van der Waals surface area (Å²) in [6.07, 6.45) is 2.43. The molecular formula is C12H23N3O2. The van der Waals surface area contributed by atoms with E-state index >= 15 is 0 Å². The number of hydrogen-bond donors (Lipinski definition) is 2. The Morgan fingerprint density at radius 1 is 1.47 bits per heavy atom. The van der Waals surface area contributed by atoms with E-state index < -0.39 is 0 Å². The number of rotatable bonds is 4. The first-order chi connectivity index (χ1) is 8.22. The highest BCUT2D eigenvalue weighted by molar-refractivity contribution is 5.79. The van der Waals surface area contributed by atoms with Crippen molar-refractivity contribution in [2.75, 3.05) is 40.4 Å². The van der Waals surface area contributed by atoms with Crippen LogP contribution in [0.1, 0.15) is 12.8 Å². The Hall–Kier alpha value is -0.650. The van der Waals surface area contributed by atoms with Gasteiger partial charge in [0.05, 0.1) is 19.1 Å². The van der Waals surface area contributed by atoms with Gasteiger partial charge < -0.3 is 20.3 Å². The maximum absolute atomic E-state index is 12.0. The summed E-state index contributed by atoms with van der Waals surface area (Å²) in [6.45, 7) is 3.09. The van der Waals surface area contributed by atoms with Crippen LogP contribution in [0.4, 0.5) is 0 Å². The van der Waals surface area contributed by atoms with E-state index in [-0.39, 0.29) is 17.9 Å². The Bertz CT molecular complexity index is 272. The average molecular weight is 241 g/mol. The summed E-state index contributed by atoms with van der Waals surface area (Å²) in [5.74, 6) is 0.0915. The van der Waals surface area contributed by atoms with Crippen LogP contribution in [0.3, 0.4) is 0 Å². The Balaban J connectivity index is 1.77. The summed E-state index contributed by atoms with van der Waals surface area (Å²) in [7, 11) is 4.00. The van der Waals surface area contributed by atoms with Crippen molar-refractivity contribution in [3.8, 4) is 0 Å². The predicted molar refractivity (Wildman–Crippen MR) is 65.8 cm³/mol. The standard InChI is InChI=1S/C12H23N3O2/c1-13-11-8-17-7-10(11)12(16)14-6-9-4-3-5-15(9)2/h9-11,13H,3-8H2,1-2H3,(H,14,16). The molecular weight excluding hydrogens is 218 g/mol. The quantitative estimate of drug-likeness (QED) is 0.692. The van der Waals surface area contributed by atoms with Gasteiger partial charge in [-0.1, -0.05) is 0 Å². The lowest BCUT2D eigenvalue weighted by Crippen LogP contribution is -2.46. The van der Waals surface area contributed by atoms with Crippen LogP contribution >= 0.6 is 0 Å². The molecule has 0 aliphatic carbocycles. The minimum Gasteiger partial charge on any atom is -0.379 e. The Labute approximate surface area is 103 Å². The highest BCUT2D eigenvalue weighted by atomic mass is 16.5. The maximum atomic E-state index is 12.0. The van der Waals surface area contributed by atoms with Gasteiger partial charge in [0.25, 0.3) is 0 Å². The first kappa shape index (κ1) is 12.8. The lowest BCUT2D eigenvalue weighted by Gasteiger charge is -2.22. The van der Waals surface area contributed by atoms with E-state index in [9.17, 15) is 4.79 Å². The number of likely N-dealkylation sites (tertiary alicyclic amines) is 1. The highest BCUT2D eigenvalue weighted by Gasteiger charge is 2.33. The summed E-state index contributed by atoms with van der Waals surface area (Å²) >= 11 is 0. The van der Waals surface area contributed by atoms with Crippen molar-refractivity contribution < 1.29 is 9.53 Å². The average Bonchev–Trinajstić information content (AvgIpc) is 2.94. The van der Waals surface area contributed by atoms with E-state index in [0.717, 1.165) is 13.1 Å². The van der Waals surface area contributed by atoms with Crippen LogP contribution in [-0.4, -0.2) is 63.3 Å². The predicted octanol–water partition coefficient (Wildman–Crippen LogP) is -0.569. The molecule has 3 unspecified atom stereocenters. The van der Waals surface area contributed by atoms with Crippen LogP contribution in [0.2, 0.25) is 0 Å². The third-order valence-corrected chi connectivity index (χ3v) is 3.97. The second-order valence-electron chi connectivity index (χ2n) is 5.06. The zero-order chi connectivity index (χ0) is 12.3. The first-order valence-corrected chi connectivity index (χ1v) is 6.45. The molecule has 2 rings (SSSR count). The monoisotopic (exact) mass is 241 g/mol. The van der Waals surface area contributed by atoms with Gasteiger partial charge in [0.2, 0.25) is 5.91 Å². The number of nitrogens with one attached hydrogen (secondary N) is 2. The number of nitrogens with zero attached hydrogens (tertiary/aromatic N) is 1. The number of amides is 1. The third kappa shape index (κ3) is 2.97. The minimum absolute atomic E-state index is 0.0355. The molecule has 0 spiro atoms. The fourth-order valence-electron chi connectivity index (χ4n) is 2.68. The van der Waals surface area contributed by atoms with Crippen molar-refractivity contribution in [1.82, 2.24) is 15.5 Å². The van der Waals surface area contributed by atoms with Gasteiger partial charge in [0.1, 0.15) is 0 Å². The van der Waals surface area contributed by atoms with E-state index in [0.29, 0.717) is 19.3 Å². The highest BCUT2D eigenvalue weighted by Crippen LogP contribution is 2.16. The van der Waals surface area contributed by atoms with Gasteiger partial charge in [-0.25, -0.2) is 0 Å². The molecule has 0 radical (unpaired) electrons. The van der Waals surface area contributed by atoms with Crippen molar-refractivity contribution >= 4 is 5.91 Å². The van der Waals surface area contributed by atoms with Crippen molar-refractivity contribution in [2.24, 2.45) is 5.92 Å². The molecule has 2 saturated heterocycles. The van der Waals surface area contributed by atoms with Crippen molar-refractivity contribution in [3.63, 3.8) is 0 Å². The molecule has 5 heteroatoms. The maximum Gasteiger partial charge on any atom is 0.227 e. The van der Waals surface area contributed by atoms with Gasteiger partial charge in [-0.3, -0.25) is 4.79 Å². The number of hydrogen-bond acceptors (Lipinski definition) is 4. The molecule has 2 heterocycles. The van der Waals surface area contributed by atoms with Gasteiger partial charge in [-0.2, -0.15) is 0 Å². The molecule has 0 aromatic heterocycles. The van der Waals surface area contributed by atoms with Crippen LogP contribution in [0.15, 0.2) is 0 Å². The fraction of sp³-hybridized carbons (Fsp3) is 0.917. The molecule has 0 aromatic carbocycles. The molecule has 0 bridgehead atoms. The number of carbonyl (C=O) groups is 1. The van der Waals surface area contributed by atoms with E-state index in [1.165, 1.54) is 12.8 Å². The molecule has 2 aliphatic rings. The Morgan fingerprint density at radius 3 is 2.94 bits per heavy atom. The summed E-state index contributed by atoms with van der Waals surface area (Å²) in [6, 6.07) is 0.672. The molecule has 0 aromatic rings. The zero-order valence-corrected chi connectivity index (χ0v) is 10.7. The lowest BCUT2D eigenvalue weighted by molar-refractivity contribution is -0.125. The van der Waals surface area contributed by atoms with E-state index in [1.807, 2.05) is 7.05 Å². The second-order valence-corrected chi connectivity index (χ2v) is 5.06. The number of likely N-dealkylation sites (N-methyl/N-ethyl adjacent to an activating group) is 2. The van der Waals surface area contributed by atoms with E-state index in [1.54, 1.807) is 0 Å². The molecule has 1 amide bonds. The number of ether oxygens (including phenoxy) is 1. The van der Waals surface area contributed by atoms with Crippen LogP contribution in [0.5, 0.6) is 0 Å². The van der Waals surface area contributed by atoms with Crippen molar-refractivity contribution in [2.45, 2.75) is 24.9 Å². The number of carbonyl (C=O) groups excluding carboxylic acids is 1. The molecule has 0 saturated carbocycles. The largest absolute Gasteiger partial charge is 0.379 e. The first-order valence-electron chi connectivity index (χ1n) is 6.45. The Kier molecular flexibility index (Phi) is 4.36. The second kappa shape index (κ2) is 5.80. The molecule has 3 atom stereocenters. The molecule has 5 nitrogen and oxygen atoms in total. The van der Waals surface area contributed by atoms with Crippen molar-refractivity contribution in [3.05, 3.63) is 0 Å². The zero-order valence-electron chi connectivity index (χ0n) is 10.7. The molecule has 2 fully saturated rings. The summed E-state index contributed by atoms with van der Waals surface area (Å²) in [5.41, 5.74) is 0. The molecule has 98 valence electrons. The fourth-order valence-corrected chi connectivity index (χ4v) is 2.68. The molecule has 17 heavy (non-hydrogen) atoms. The normalized spacial score (nSPS) is 34.1. The van der Waals surface area contributed by atoms with E-state index in [2.05, 4.69) is 22.6 Å². The third-order valence-electron chi connectivity index (χ3n) is 3.97. The lowest BCUT2D eigenvalue weighted by atomic mass is 10.0. The van der Waals surface area contributed by atoms with Gasteiger partial charge in [-0.15, -0.1) is 0 Å². The van der Waals surface area contributed by atoms with Crippen molar-refractivity contribution in [1.29, 1.82) is 0 Å². The van der Waals surface area contributed by atoms with Crippen LogP contribution in [0, 0.1) is 5.92 Å². The van der Waals surface area contributed by atoms with Crippen LogP contribution in [0.25, 0.3) is 0 Å².